The molecule has 1 saturated heterocycles. The third kappa shape index (κ3) is 10.5. The van der Waals surface area contributed by atoms with Gasteiger partial charge in [0.05, 0.1) is 22.6 Å². The van der Waals surface area contributed by atoms with Gasteiger partial charge in [-0.2, -0.15) is 26.7 Å². The van der Waals surface area contributed by atoms with Crippen molar-refractivity contribution in [2.75, 3.05) is 19.7 Å². The van der Waals surface area contributed by atoms with Crippen LogP contribution in [0.25, 0.3) is 21.9 Å². The summed E-state index contributed by atoms with van der Waals surface area (Å²) in [6.45, 7) is 2.52. The predicted octanol–water partition coefficient (Wildman–Crippen LogP) is 7.90. The van der Waals surface area contributed by atoms with Crippen LogP contribution in [-0.4, -0.2) is 74.4 Å². The number of ether oxygens (including phenoxy) is 2. The van der Waals surface area contributed by atoms with Crippen molar-refractivity contribution < 1.29 is 54.5 Å². The summed E-state index contributed by atoms with van der Waals surface area (Å²) in [7, 11) is -4.59. The van der Waals surface area contributed by atoms with Crippen LogP contribution in [-0.2, 0) is 25.5 Å². The number of sulfonamides is 1. The molecule has 1 amide bonds. The molecule has 1 aliphatic heterocycles. The number of piperidine rings is 1. The van der Waals surface area contributed by atoms with Crippen molar-refractivity contribution in [2.45, 2.75) is 80.6 Å². The molecule has 1 saturated carbocycles. The van der Waals surface area contributed by atoms with Crippen molar-refractivity contribution >= 4 is 44.3 Å². The summed E-state index contributed by atoms with van der Waals surface area (Å²) in [5, 5.41) is 8.88. The predicted molar refractivity (Wildman–Crippen MR) is 200 cm³/mol. The number of carboxylic acid groups (broad SMARTS) is 1. The van der Waals surface area contributed by atoms with Gasteiger partial charge in [0.1, 0.15) is 11.5 Å². The summed E-state index contributed by atoms with van der Waals surface area (Å²) < 4.78 is 106. The Bertz CT molecular complexity index is 2120. The largest absolute Gasteiger partial charge is 0.492 e. The fourth-order valence-electron chi connectivity index (χ4n) is 6.45. The summed E-state index contributed by atoms with van der Waals surface area (Å²) in [4.78, 5) is 23.7. The number of nitrogens with zero attached hydrogens (tertiary/aromatic N) is 1. The minimum Gasteiger partial charge on any atom is -0.492 e. The number of carboxylic acids is 1. The number of likely N-dealkylation sites (tertiary alicyclic amines) is 1. The quantitative estimate of drug-likeness (QED) is 0.129. The molecule has 4 N–H and O–H groups in total. The number of fused-ring (bicyclic) bond motifs is 1. The number of carbonyl (C=O) groups is 2. The first-order chi connectivity index (χ1) is 26.4. The number of carbonyl (C=O) groups excluding carboxylic acids is 1. The molecule has 4 aromatic rings. The van der Waals surface area contributed by atoms with E-state index < -0.39 is 45.6 Å². The summed E-state index contributed by atoms with van der Waals surface area (Å²) in [5.74, 6) is -6.53. The number of nitrogens with two attached hydrogens (primary N) is 1. The van der Waals surface area contributed by atoms with Gasteiger partial charge in [-0.15, -0.1) is 0 Å². The SMILES string of the molecule is CCOc1cc(-c2ccc(C(F)(F)C(NS(=O)(=O)c3ccc4cc(OC5CCCC5)ccc4c3)C(=O)N3CCC(N)CC3)cc2)ccc1Cl.O=C(O)C(F)(F)F. The van der Waals surface area contributed by atoms with Crippen LogP contribution in [0.2, 0.25) is 5.02 Å². The van der Waals surface area contributed by atoms with E-state index in [2.05, 4.69) is 4.72 Å². The number of hydrogen-bond acceptors (Lipinski definition) is 7. The standard InChI is InChI=1S/C37H40ClF2N3O5S.C2HF3O2/c1-2-47-34-23-27(11-16-33(34)38)24-7-12-28(13-8-24)37(39,40)35(36(44)43-19-17-29(41)18-20-43)42-49(45,46)32-15-10-25-21-31(14-9-26(25)22-32)48-30-5-3-4-6-30;3-2(4,5)1(6)7/h7-16,21-23,29-30,35,42H,2-6,17-20,41H2,1H3;(H,6,7). The van der Waals surface area contributed by atoms with Crippen molar-refractivity contribution in [1.29, 1.82) is 0 Å². The number of nitrogens with one attached hydrogen (secondary N) is 1. The second kappa shape index (κ2) is 17.7. The molecule has 1 aliphatic carbocycles. The van der Waals surface area contributed by atoms with Gasteiger partial charge in [0, 0.05) is 24.7 Å². The van der Waals surface area contributed by atoms with Gasteiger partial charge in [-0.3, -0.25) is 4.79 Å². The van der Waals surface area contributed by atoms with Gasteiger partial charge in [-0.05, 0) is 104 Å². The van der Waals surface area contributed by atoms with Crippen LogP contribution in [0.15, 0.2) is 83.8 Å². The Morgan fingerprint density at radius 3 is 2.09 bits per heavy atom. The average molecular weight is 826 g/mol. The lowest BCUT2D eigenvalue weighted by Gasteiger charge is -2.35. The van der Waals surface area contributed by atoms with Crippen molar-refractivity contribution in [1.82, 2.24) is 9.62 Å². The van der Waals surface area contributed by atoms with Gasteiger partial charge < -0.3 is 25.2 Å². The first-order valence-electron chi connectivity index (χ1n) is 17.9. The Morgan fingerprint density at radius 2 is 1.48 bits per heavy atom. The highest BCUT2D eigenvalue weighted by Crippen LogP contribution is 2.37. The molecule has 0 radical (unpaired) electrons. The highest BCUT2D eigenvalue weighted by molar-refractivity contribution is 7.89. The van der Waals surface area contributed by atoms with Gasteiger partial charge in [0.15, 0.2) is 6.04 Å². The van der Waals surface area contributed by atoms with E-state index in [1.165, 1.54) is 41.3 Å². The van der Waals surface area contributed by atoms with E-state index in [0.29, 0.717) is 52.5 Å². The van der Waals surface area contributed by atoms with Crippen molar-refractivity contribution in [3.63, 3.8) is 0 Å². The topological polar surface area (TPSA) is 148 Å². The maximum absolute atomic E-state index is 16.5. The molecule has 10 nitrogen and oxygen atoms in total. The average Bonchev–Trinajstić information content (AvgIpc) is 3.67. The number of amides is 1. The first kappa shape index (κ1) is 42.6. The Hall–Kier alpha value is -4.51. The molecule has 2 fully saturated rings. The number of alkyl halides is 5. The molecule has 17 heteroatoms. The fraction of sp³-hybridized carbons (Fsp3) is 0.385. The molecule has 1 atom stereocenters. The maximum atomic E-state index is 16.5. The van der Waals surface area contributed by atoms with E-state index in [4.69, 9.17) is 36.7 Å². The molecule has 2 aliphatic rings. The van der Waals surface area contributed by atoms with E-state index in [0.717, 1.165) is 31.1 Å². The lowest BCUT2D eigenvalue weighted by molar-refractivity contribution is -0.192. The first-order valence-corrected chi connectivity index (χ1v) is 19.7. The van der Waals surface area contributed by atoms with Gasteiger partial charge in [-0.1, -0.05) is 54.1 Å². The van der Waals surface area contributed by atoms with Crippen LogP contribution < -0.4 is 19.9 Å². The minimum atomic E-state index is -5.08. The molecular formula is C39H41ClF5N3O7S. The second-order valence-corrected chi connectivity index (χ2v) is 15.6. The number of rotatable bonds is 11. The molecule has 0 aromatic heterocycles. The number of halogens is 6. The van der Waals surface area contributed by atoms with Crippen LogP contribution in [0.5, 0.6) is 11.5 Å². The molecule has 56 heavy (non-hydrogen) atoms. The molecule has 0 bridgehead atoms. The van der Waals surface area contributed by atoms with Crippen LogP contribution in [0.1, 0.15) is 51.0 Å². The summed E-state index contributed by atoms with van der Waals surface area (Å²) in [5.41, 5.74) is 6.78. The summed E-state index contributed by atoms with van der Waals surface area (Å²) in [6.07, 6.45) is 0.181. The fourth-order valence-corrected chi connectivity index (χ4v) is 7.84. The number of benzene rings is 4. The third-order valence-electron chi connectivity index (χ3n) is 9.51. The molecular weight excluding hydrogens is 785 g/mol. The smallest absolute Gasteiger partial charge is 0.490 e. The van der Waals surface area contributed by atoms with Crippen molar-refractivity contribution in [3.05, 3.63) is 89.4 Å². The lowest BCUT2D eigenvalue weighted by Crippen LogP contribution is -2.57. The molecule has 1 unspecified atom stereocenters. The molecule has 1 heterocycles. The highest BCUT2D eigenvalue weighted by Gasteiger charge is 2.50. The Balaban J connectivity index is 0.000000784. The zero-order valence-electron chi connectivity index (χ0n) is 30.2. The van der Waals surface area contributed by atoms with Crippen LogP contribution in [0, 0.1) is 0 Å². The molecule has 6 rings (SSSR count). The third-order valence-corrected chi connectivity index (χ3v) is 11.2. The van der Waals surface area contributed by atoms with E-state index in [9.17, 15) is 26.4 Å². The van der Waals surface area contributed by atoms with Gasteiger partial charge in [0.2, 0.25) is 15.9 Å². The minimum absolute atomic E-state index is 0.146. The molecule has 0 spiro atoms. The van der Waals surface area contributed by atoms with Crippen molar-refractivity contribution in [2.24, 2.45) is 5.73 Å². The molecule has 4 aromatic carbocycles. The van der Waals surface area contributed by atoms with E-state index in [1.807, 2.05) is 13.0 Å². The number of hydrogen-bond donors (Lipinski definition) is 3. The van der Waals surface area contributed by atoms with Gasteiger partial charge in [0.25, 0.3) is 5.92 Å². The Kier molecular flexibility index (Phi) is 13.5. The Labute approximate surface area is 325 Å². The van der Waals surface area contributed by atoms with Gasteiger partial charge in [-0.25, -0.2) is 13.2 Å². The van der Waals surface area contributed by atoms with E-state index >= 15 is 8.78 Å². The van der Waals surface area contributed by atoms with Crippen molar-refractivity contribution in [3.8, 4) is 22.6 Å². The highest BCUT2D eigenvalue weighted by atomic mass is 35.5. The summed E-state index contributed by atoms with van der Waals surface area (Å²) >= 11 is 6.22. The normalized spacial score (nSPS) is 16.2. The van der Waals surface area contributed by atoms with E-state index in [-0.39, 0.29) is 30.1 Å². The second-order valence-electron chi connectivity index (χ2n) is 13.5. The van der Waals surface area contributed by atoms with Gasteiger partial charge >= 0.3 is 12.1 Å². The van der Waals surface area contributed by atoms with E-state index in [1.54, 1.807) is 36.4 Å². The zero-order valence-corrected chi connectivity index (χ0v) is 31.8. The molecule has 302 valence electrons. The van der Waals surface area contributed by atoms with Crippen LogP contribution in [0.4, 0.5) is 22.0 Å². The lowest BCUT2D eigenvalue weighted by atomic mass is 9.96. The summed E-state index contributed by atoms with van der Waals surface area (Å²) in [6, 6.07) is 17.7. The van der Waals surface area contributed by atoms with Crippen LogP contribution >= 0.6 is 11.6 Å². The number of aliphatic carboxylic acids is 1. The Morgan fingerprint density at radius 1 is 0.893 bits per heavy atom. The van der Waals surface area contributed by atoms with Crippen LogP contribution in [0.3, 0.4) is 0 Å². The monoisotopic (exact) mass is 825 g/mol. The maximum Gasteiger partial charge on any atom is 0.490 e. The zero-order chi connectivity index (χ0) is 40.8.